The first-order chi connectivity index (χ1) is 15.8. The first-order valence-corrected chi connectivity index (χ1v) is 10.8. The summed E-state index contributed by atoms with van der Waals surface area (Å²) < 4.78 is 7.42. The number of aromatic nitrogens is 3. The van der Waals surface area contributed by atoms with E-state index in [1.807, 2.05) is 77.5 Å². The highest BCUT2D eigenvalue weighted by Gasteiger charge is 2.16. The molecule has 1 aliphatic heterocycles. The van der Waals surface area contributed by atoms with Crippen molar-refractivity contribution < 1.29 is 9.53 Å². The zero-order valence-electron chi connectivity index (χ0n) is 17.8. The van der Waals surface area contributed by atoms with E-state index in [4.69, 9.17) is 4.74 Å². The molecule has 0 aliphatic carbocycles. The fourth-order valence-electron chi connectivity index (χ4n) is 4.02. The van der Waals surface area contributed by atoms with Gasteiger partial charge in [-0.3, -0.25) is 9.36 Å². The maximum Gasteiger partial charge on any atom is 0.224 e. The van der Waals surface area contributed by atoms with Gasteiger partial charge in [-0.05, 0) is 29.3 Å². The standard InChI is InChI=1S/C25H25N5O2/c31-25(26-17-19-6-2-1-3-7-19)16-20-18-30(22-9-5-4-8-21(20)22)24-11-10-23(27-28-24)29-12-14-32-15-13-29/h1-11,18H,12-17H2,(H,26,31). The molecule has 0 saturated carbocycles. The Bertz CT molecular complexity index is 1200. The number of carbonyl (C=O) groups is 1. The number of fused-ring (bicyclic) bond motifs is 1. The number of rotatable bonds is 6. The van der Waals surface area contributed by atoms with Gasteiger partial charge in [-0.15, -0.1) is 10.2 Å². The molecule has 162 valence electrons. The summed E-state index contributed by atoms with van der Waals surface area (Å²) in [6.07, 6.45) is 2.30. The maximum atomic E-state index is 12.6. The van der Waals surface area contributed by atoms with E-state index in [2.05, 4.69) is 20.4 Å². The van der Waals surface area contributed by atoms with Crippen LogP contribution in [0.25, 0.3) is 16.7 Å². The first-order valence-electron chi connectivity index (χ1n) is 10.8. The number of nitrogens with one attached hydrogen (secondary N) is 1. The zero-order valence-corrected chi connectivity index (χ0v) is 17.8. The molecule has 0 unspecified atom stereocenters. The van der Waals surface area contributed by atoms with Crippen molar-refractivity contribution in [3.8, 4) is 5.82 Å². The van der Waals surface area contributed by atoms with Crippen molar-refractivity contribution in [3.63, 3.8) is 0 Å². The minimum absolute atomic E-state index is 0.00879. The molecular weight excluding hydrogens is 402 g/mol. The maximum absolute atomic E-state index is 12.6. The number of para-hydroxylation sites is 1. The first kappa shape index (κ1) is 20.2. The minimum atomic E-state index is -0.00879. The van der Waals surface area contributed by atoms with Crippen LogP contribution in [0.3, 0.4) is 0 Å². The Morgan fingerprint density at radius 2 is 1.62 bits per heavy atom. The molecule has 0 radical (unpaired) electrons. The molecule has 1 N–H and O–H groups in total. The van der Waals surface area contributed by atoms with Gasteiger partial charge in [0, 0.05) is 31.2 Å². The molecule has 7 nitrogen and oxygen atoms in total. The molecule has 2 aromatic heterocycles. The van der Waals surface area contributed by atoms with Crippen LogP contribution in [0.15, 0.2) is 72.9 Å². The number of anilines is 1. The van der Waals surface area contributed by atoms with Crippen LogP contribution in [-0.2, 0) is 22.5 Å². The fraction of sp³-hybridized carbons (Fsp3) is 0.240. The normalized spacial score (nSPS) is 13.9. The van der Waals surface area contributed by atoms with Gasteiger partial charge in [-0.2, -0.15) is 0 Å². The third kappa shape index (κ3) is 4.33. The molecule has 5 rings (SSSR count). The molecule has 0 spiro atoms. The number of morpholine rings is 1. The van der Waals surface area contributed by atoms with E-state index < -0.39 is 0 Å². The van der Waals surface area contributed by atoms with Gasteiger partial charge in [0.15, 0.2) is 11.6 Å². The number of nitrogens with zero attached hydrogens (tertiary/aromatic N) is 4. The van der Waals surface area contributed by atoms with Gasteiger partial charge in [0.05, 0.1) is 25.2 Å². The van der Waals surface area contributed by atoms with E-state index in [-0.39, 0.29) is 5.91 Å². The van der Waals surface area contributed by atoms with Crippen molar-refractivity contribution in [1.82, 2.24) is 20.1 Å². The van der Waals surface area contributed by atoms with Crippen LogP contribution >= 0.6 is 0 Å². The summed E-state index contributed by atoms with van der Waals surface area (Å²) in [6.45, 7) is 3.58. The lowest BCUT2D eigenvalue weighted by Gasteiger charge is -2.27. The van der Waals surface area contributed by atoms with Crippen molar-refractivity contribution in [1.29, 1.82) is 0 Å². The number of amides is 1. The van der Waals surface area contributed by atoms with E-state index >= 15 is 0 Å². The summed E-state index contributed by atoms with van der Waals surface area (Å²) in [7, 11) is 0. The molecule has 7 heteroatoms. The molecule has 0 bridgehead atoms. The van der Waals surface area contributed by atoms with Crippen molar-refractivity contribution in [2.45, 2.75) is 13.0 Å². The van der Waals surface area contributed by atoms with E-state index in [0.29, 0.717) is 26.2 Å². The molecule has 4 aromatic rings. The van der Waals surface area contributed by atoms with Crippen molar-refractivity contribution in [2.75, 3.05) is 31.2 Å². The Hall–Kier alpha value is -3.71. The molecule has 1 fully saturated rings. The van der Waals surface area contributed by atoms with Crippen LogP contribution in [0.4, 0.5) is 5.82 Å². The lowest BCUT2D eigenvalue weighted by atomic mass is 10.1. The Morgan fingerprint density at radius 1 is 0.906 bits per heavy atom. The van der Waals surface area contributed by atoms with E-state index in [1.54, 1.807) is 0 Å². The molecule has 2 aromatic carbocycles. The highest BCUT2D eigenvalue weighted by Crippen LogP contribution is 2.25. The highest BCUT2D eigenvalue weighted by molar-refractivity contribution is 5.90. The lowest BCUT2D eigenvalue weighted by Crippen LogP contribution is -2.36. The molecule has 32 heavy (non-hydrogen) atoms. The van der Waals surface area contributed by atoms with Crippen LogP contribution in [0, 0.1) is 0 Å². The summed E-state index contributed by atoms with van der Waals surface area (Å²) >= 11 is 0. The number of benzene rings is 2. The predicted octanol–water partition coefficient (Wildman–Crippen LogP) is 3.12. The van der Waals surface area contributed by atoms with E-state index in [9.17, 15) is 4.79 Å². The Balaban J connectivity index is 1.36. The number of hydrogen-bond acceptors (Lipinski definition) is 5. The van der Waals surface area contributed by atoms with Crippen LogP contribution in [0.5, 0.6) is 0 Å². The number of hydrogen-bond donors (Lipinski definition) is 1. The Morgan fingerprint density at radius 3 is 2.41 bits per heavy atom. The average molecular weight is 428 g/mol. The van der Waals surface area contributed by atoms with Gasteiger partial charge in [0.2, 0.25) is 5.91 Å². The van der Waals surface area contributed by atoms with Crippen LogP contribution in [0.2, 0.25) is 0 Å². The van der Waals surface area contributed by atoms with Crippen LogP contribution in [-0.4, -0.2) is 47.0 Å². The second-order valence-electron chi connectivity index (χ2n) is 7.83. The minimum Gasteiger partial charge on any atom is -0.378 e. The molecular formula is C25H25N5O2. The van der Waals surface area contributed by atoms with Gasteiger partial charge in [-0.25, -0.2) is 0 Å². The summed E-state index contributed by atoms with van der Waals surface area (Å²) in [5.74, 6) is 1.58. The summed E-state index contributed by atoms with van der Waals surface area (Å²) in [4.78, 5) is 14.8. The summed E-state index contributed by atoms with van der Waals surface area (Å²) in [6, 6.07) is 22.0. The molecule has 1 amide bonds. The Labute approximate surface area is 186 Å². The van der Waals surface area contributed by atoms with Gasteiger partial charge >= 0.3 is 0 Å². The molecule has 1 aliphatic rings. The highest BCUT2D eigenvalue weighted by atomic mass is 16.5. The van der Waals surface area contributed by atoms with E-state index in [0.717, 1.165) is 46.8 Å². The largest absolute Gasteiger partial charge is 0.378 e. The summed E-state index contributed by atoms with van der Waals surface area (Å²) in [5, 5.41) is 13.0. The quantitative estimate of drug-likeness (QED) is 0.512. The predicted molar refractivity (Wildman–Crippen MR) is 124 cm³/mol. The second kappa shape index (κ2) is 9.20. The lowest BCUT2D eigenvalue weighted by molar-refractivity contribution is -0.120. The molecule has 1 saturated heterocycles. The molecule has 3 heterocycles. The van der Waals surface area contributed by atoms with Crippen molar-refractivity contribution in [2.24, 2.45) is 0 Å². The van der Waals surface area contributed by atoms with Crippen LogP contribution in [0.1, 0.15) is 11.1 Å². The SMILES string of the molecule is O=C(Cc1cn(-c2ccc(N3CCOCC3)nn2)c2ccccc12)NCc1ccccc1. The van der Waals surface area contributed by atoms with Gasteiger partial charge < -0.3 is 15.0 Å². The third-order valence-corrected chi connectivity index (χ3v) is 5.70. The average Bonchev–Trinajstić information content (AvgIpc) is 3.22. The summed E-state index contributed by atoms with van der Waals surface area (Å²) in [5.41, 5.74) is 3.05. The van der Waals surface area contributed by atoms with Gasteiger partial charge in [0.25, 0.3) is 0 Å². The Kier molecular flexibility index (Phi) is 5.81. The van der Waals surface area contributed by atoms with E-state index in [1.165, 1.54) is 0 Å². The fourth-order valence-corrected chi connectivity index (χ4v) is 4.02. The van der Waals surface area contributed by atoms with Crippen molar-refractivity contribution in [3.05, 3.63) is 84.1 Å². The van der Waals surface area contributed by atoms with Gasteiger partial charge in [0.1, 0.15) is 0 Å². The second-order valence-corrected chi connectivity index (χ2v) is 7.83. The number of carbonyl (C=O) groups excluding carboxylic acids is 1. The third-order valence-electron chi connectivity index (χ3n) is 5.70. The van der Waals surface area contributed by atoms with Crippen molar-refractivity contribution >= 4 is 22.6 Å². The monoisotopic (exact) mass is 427 g/mol. The topological polar surface area (TPSA) is 72.3 Å². The van der Waals surface area contributed by atoms with Crippen LogP contribution < -0.4 is 10.2 Å². The number of ether oxygens (including phenoxy) is 1. The molecule has 0 atom stereocenters. The van der Waals surface area contributed by atoms with Gasteiger partial charge in [-0.1, -0.05) is 48.5 Å². The smallest absolute Gasteiger partial charge is 0.224 e. The zero-order chi connectivity index (χ0) is 21.8.